The predicted octanol–water partition coefficient (Wildman–Crippen LogP) is 0.899. The highest BCUT2D eigenvalue weighted by Gasteiger charge is 2.67. The topological polar surface area (TPSA) is 65.1 Å². The lowest BCUT2D eigenvalue weighted by molar-refractivity contribution is -0.157. The Kier molecular flexibility index (Phi) is 3.50. The van der Waals surface area contributed by atoms with Crippen LogP contribution in [0, 0.1) is 11.8 Å². The van der Waals surface area contributed by atoms with Gasteiger partial charge in [-0.05, 0) is 26.7 Å². The molecule has 2 bridgehead atoms. The summed E-state index contributed by atoms with van der Waals surface area (Å²) in [6.45, 7) is 5.50. The first-order valence-electron chi connectivity index (χ1n) is 8.48. The lowest BCUT2D eigenvalue weighted by Gasteiger charge is -2.24. The van der Waals surface area contributed by atoms with Gasteiger partial charge >= 0.3 is 5.97 Å². The molecule has 0 aromatic rings. The van der Waals surface area contributed by atoms with E-state index in [1.54, 1.807) is 0 Å². The summed E-state index contributed by atoms with van der Waals surface area (Å²) in [6, 6.07) is 0. The molecule has 0 unspecified atom stereocenters. The molecule has 4 aliphatic rings. The molecule has 0 aromatic carbocycles. The molecule has 4 rings (SSSR count). The number of rotatable bonds is 4. The fourth-order valence-electron chi connectivity index (χ4n) is 4.35. The molecule has 23 heavy (non-hydrogen) atoms. The summed E-state index contributed by atoms with van der Waals surface area (Å²) in [5, 5.41) is 0. The first-order valence-corrected chi connectivity index (χ1v) is 8.48. The minimum atomic E-state index is -0.652. The summed E-state index contributed by atoms with van der Waals surface area (Å²) in [6.07, 6.45) is 5.49. The minimum absolute atomic E-state index is 0.00180. The smallest absolute Gasteiger partial charge is 0.313 e. The number of esters is 1. The normalized spacial score (nSPS) is 41.2. The predicted molar refractivity (Wildman–Crippen MR) is 80.5 cm³/mol. The van der Waals surface area contributed by atoms with Gasteiger partial charge in [0.15, 0.2) is 0 Å². The third kappa shape index (κ3) is 2.31. The van der Waals surface area contributed by atoms with E-state index < -0.39 is 17.4 Å². The molecule has 0 radical (unpaired) electrons. The van der Waals surface area contributed by atoms with Crippen molar-refractivity contribution in [1.82, 2.24) is 4.90 Å². The number of hydrogen-bond acceptors (Lipinski definition) is 5. The van der Waals surface area contributed by atoms with Crippen LogP contribution in [0.1, 0.15) is 26.7 Å². The van der Waals surface area contributed by atoms with Crippen molar-refractivity contribution in [2.24, 2.45) is 11.8 Å². The van der Waals surface area contributed by atoms with Crippen molar-refractivity contribution in [1.29, 1.82) is 0 Å². The summed E-state index contributed by atoms with van der Waals surface area (Å²) < 4.78 is 17.1. The van der Waals surface area contributed by atoms with Crippen molar-refractivity contribution in [3.8, 4) is 0 Å². The molecule has 4 aliphatic heterocycles. The fraction of sp³-hybridized carbons (Fsp3) is 0.765. The van der Waals surface area contributed by atoms with Crippen LogP contribution in [0.4, 0.5) is 0 Å². The van der Waals surface area contributed by atoms with Crippen LogP contribution in [0.2, 0.25) is 0 Å². The molecule has 0 N–H and O–H groups in total. The van der Waals surface area contributed by atoms with Gasteiger partial charge in [-0.25, -0.2) is 0 Å². The molecule has 3 fully saturated rings. The van der Waals surface area contributed by atoms with Crippen molar-refractivity contribution < 1.29 is 23.8 Å². The van der Waals surface area contributed by atoms with Crippen LogP contribution in [-0.4, -0.2) is 60.4 Å². The van der Waals surface area contributed by atoms with Crippen LogP contribution in [0.25, 0.3) is 0 Å². The van der Waals surface area contributed by atoms with Crippen LogP contribution in [0.3, 0.4) is 0 Å². The number of carbonyl (C=O) groups excluding carboxylic acids is 2. The van der Waals surface area contributed by atoms with Crippen molar-refractivity contribution in [2.45, 2.75) is 50.6 Å². The summed E-state index contributed by atoms with van der Waals surface area (Å²) >= 11 is 0. The zero-order valence-electron chi connectivity index (χ0n) is 13.6. The molecule has 6 heteroatoms. The first kappa shape index (κ1) is 15.1. The van der Waals surface area contributed by atoms with Gasteiger partial charge in [-0.15, -0.1) is 0 Å². The second kappa shape index (κ2) is 5.31. The molecule has 0 aliphatic carbocycles. The van der Waals surface area contributed by atoms with Crippen LogP contribution >= 0.6 is 0 Å². The van der Waals surface area contributed by atoms with E-state index in [0.717, 1.165) is 19.4 Å². The highest BCUT2D eigenvalue weighted by Crippen LogP contribution is 2.52. The van der Waals surface area contributed by atoms with E-state index >= 15 is 0 Å². The van der Waals surface area contributed by atoms with Gasteiger partial charge in [0.2, 0.25) is 5.91 Å². The third-order valence-electron chi connectivity index (χ3n) is 5.25. The number of hydrogen-bond donors (Lipinski definition) is 0. The van der Waals surface area contributed by atoms with Gasteiger partial charge in [-0.1, -0.05) is 12.2 Å². The van der Waals surface area contributed by atoms with E-state index in [1.807, 2.05) is 30.9 Å². The van der Waals surface area contributed by atoms with Gasteiger partial charge in [-0.2, -0.15) is 0 Å². The Hall–Kier alpha value is -1.40. The number of carbonyl (C=O) groups is 2. The molecule has 3 saturated heterocycles. The Morgan fingerprint density at radius 2 is 2.35 bits per heavy atom. The van der Waals surface area contributed by atoms with Gasteiger partial charge in [-0.3, -0.25) is 9.59 Å². The second-order valence-electron chi connectivity index (χ2n) is 7.24. The SMILES string of the molecule is CC(C)OC(=O)[C@H]1[C@H]2C(=O)N(C[C@H]3CCCO3)C[C@]23C=C[C@H]1O3. The molecule has 6 nitrogen and oxygen atoms in total. The highest BCUT2D eigenvalue weighted by atomic mass is 16.6. The quantitative estimate of drug-likeness (QED) is 0.568. The van der Waals surface area contributed by atoms with Crippen molar-refractivity contribution in [3.63, 3.8) is 0 Å². The zero-order chi connectivity index (χ0) is 16.2. The fourth-order valence-corrected chi connectivity index (χ4v) is 4.35. The van der Waals surface area contributed by atoms with Crippen molar-refractivity contribution in [3.05, 3.63) is 12.2 Å². The van der Waals surface area contributed by atoms with Crippen LogP contribution < -0.4 is 0 Å². The second-order valence-corrected chi connectivity index (χ2v) is 7.24. The Morgan fingerprint density at radius 1 is 1.52 bits per heavy atom. The van der Waals surface area contributed by atoms with Gasteiger partial charge < -0.3 is 19.1 Å². The van der Waals surface area contributed by atoms with Crippen molar-refractivity contribution in [2.75, 3.05) is 19.7 Å². The van der Waals surface area contributed by atoms with E-state index in [1.165, 1.54) is 0 Å². The Morgan fingerprint density at radius 3 is 3.04 bits per heavy atom. The maximum atomic E-state index is 12.9. The van der Waals surface area contributed by atoms with Gasteiger partial charge in [0.1, 0.15) is 11.5 Å². The number of amides is 1. The maximum Gasteiger partial charge on any atom is 0.313 e. The number of ether oxygens (including phenoxy) is 3. The number of nitrogens with zero attached hydrogens (tertiary/aromatic N) is 1. The van der Waals surface area contributed by atoms with Gasteiger partial charge in [0, 0.05) is 13.2 Å². The monoisotopic (exact) mass is 321 g/mol. The van der Waals surface area contributed by atoms with E-state index in [0.29, 0.717) is 13.1 Å². The number of likely N-dealkylation sites (tertiary alicyclic amines) is 1. The molecule has 126 valence electrons. The van der Waals surface area contributed by atoms with Gasteiger partial charge in [0.05, 0.1) is 30.8 Å². The van der Waals surface area contributed by atoms with Crippen LogP contribution in [0.5, 0.6) is 0 Å². The highest BCUT2D eigenvalue weighted by molar-refractivity contribution is 5.91. The zero-order valence-corrected chi connectivity index (χ0v) is 13.6. The molecule has 0 aromatic heterocycles. The van der Waals surface area contributed by atoms with E-state index in [4.69, 9.17) is 14.2 Å². The molecular formula is C17H23NO5. The average Bonchev–Trinajstić information content (AvgIpc) is 3.21. The largest absolute Gasteiger partial charge is 0.463 e. The third-order valence-corrected chi connectivity index (χ3v) is 5.25. The molecular weight excluding hydrogens is 298 g/mol. The Balaban J connectivity index is 1.54. The number of fused-ring (bicyclic) bond motifs is 1. The van der Waals surface area contributed by atoms with Gasteiger partial charge in [0.25, 0.3) is 0 Å². The summed E-state index contributed by atoms with van der Waals surface area (Å²) in [5.41, 5.74) is -0.652. The van der Waals surface area contributed by atoms with Crippen molar-refractivity contribution >= 4 is 11.9 Å². The standard InChI is InChI=1S/C17H23NO5/c1-10(2)22-16(20)13-12-5-6-17(23-12)9-18(15(19)14(13)17)8-11-4-3-7-21-11/h5-6,10-14H,3-4,7-9H2,1-2H3/t11-,12-,13-,14+,17-/m1/s1. The molecule has 4 heterocycles. The average molecular weight is 321 g/mol. The van der Waals surface area contributed by atoms with E-state index in [-0.39, 0.29) is 30.2 Å². The summed E-state index contributed by atoms with van der Waals surface area (Å²) in [4.78, 5) is 27.2. The van der Waals surface area contributed by atoms with E-state index in [9.17, 15) is 9.59 Å². The minimum Gasteiger partial charge on any atom is -0.463 e. The molecule has 0 saturated carbocycles. The first-order chi connectivity index (χ1) is 11.0. The molecule has 1 amide bonds. The lowest BCUT2D eigenvalue weighted by Crippen LogP contribution is -2.41. The molecule has 1 spiro atoms. The molecule has 5 atom stereocenters. The Bertz CT molecular complexity index is 553. The Labute approximate surface area is 135 Å². The van der Waals surface area contributed by atoms with E-state index in [2.05, 4.69) is 0 Å². The van der Waals surface area contributed by atoms with Crippen LogP contribution in [0.15, 0.2) is 12.2 Å². The summed E-state index contributed by atoms with van der Waals surface area (Å²) in [7, 11) is 0. The summed E-state index contributed by atoms with van der Waals surface area (Å²) in [5.74, 6) is -1.30. The maximum absolute atomic E-state index is 12.9. The lowest BCUT2D eigenvalue weighted by atomic mass is 9.77. The van der Waals surface area contributed by atoms with Crippen LogP contribution in [-0.2, 0) is 23.8 Å².